The molecule has 0 atom stereocenters. The molecule has 0 saturated carbocycles. The molecule has 1 amide bonds. The summed E-state index contributed by atoms with van der Waals surface area (Å²) < 4.78 is 44.6. The van der Waals surface area contributed by atoms with Crippen molar-refractivity contribution in [3.63, 3.8) is 0 Å². The average Bonchev–Trinajstić information content (AvgIpc) is 3.33. The number of aromatic amines is 2. The molecule has 0 radical (unpaired) electrons. The number of nitrogens with zero attached hydrogens (tertiary/aromatic N) is 3. The molecule has 30 heavy (non-hydrogen) atoms. The van der Waals surface area contributed by atoms with Crippen LogP contribution in [0.3, 0.4) is 0 Å². The summed E-state index contributed by atoms with van der Waals surface area (Å²) in [5.74, 6) is -0.908. The number of fused-ring (bicyclic) bond motifs is 1. The minimum absolute atomic E-state index is 0.102. The van der Waals surface area contributed by atoms with Crippen LogP contribution in [0.15, 0.2) is 24.4 Å². The predicted molar refractivity (Wildman–Crippen MR) is 102 cm³/mol. The zero-order valence-corrected chi connectivity index (χ0v) is 16.0. The topological polar surface area (TPSA) is 98.9 Å². The van der Waals surface area contributed by atoms with E-state index in [1.807, 2.05) is 0 Å². The van der Waals surface area contributed by atoms with Crippen LogP contribution in [0.4, 0.5) is 18.9 Å². The number of hydrogen-bond donors (Lipinski definition) is 3. The van der Waals surface area contributed by atoms with Crippen molar-refractivity contribution in [2.75, 3.05) is 25.5 Å². The third-order valence-corrected chi connectivity index (χ3v) is 4.85. The van der Waals surface area contributed by atoms with Crippen LogP contribution in [0.25, 0.3) is 11.5 Å². The number of methoxy groups -OCH3 is 1. The van der Waals surface area contributed by atoms with Crippen molar-refractivity contribution in [3.05, 3.63) is 47.2 Å². The van der Waals surface area contributed by atoms with Crippen molar-refractivity contribution in [2.24, 2.45) is 0 Å². The van der Waals surface area contributed by atoms with E-state index in [9.17, 15) is 18.0 Å². The number of aromatic nitrogens is 4. The number of nitrogens with one attached hydrogen (secondary N) is 3. The monoisotopic (exact) mass is 420 g/mol. The maximum absolute atomic E-state index is 14.2. The molecule has 3 aromatic rings. The SMILES string of the molecule is COc1cccc(F)c1C(=O)Nc1cn[nH]c1-c1nc2c([nH]1)CN(CC(F)F)CC2. The number of carbonyl (C=O) groups excluding carboxylic acids is 1. The molecule has 3 heterocycles. The zero-order valence-electron chi connectivity index (χ0n) is 16.0. The second kappa shape index (κ2) is 8.19. The molecule has 1 aliphatic heterocycles. The Morgan fingerprint density at radius 1 is 1.40 bits per heavy atom. The summed E-state index contributed by atoms with van der Waals surface area (Å²) in [4.78, 5) is 21.9. The summed E-state index contributed by atoms with van der Waals surface area (Å²) in [7, 11) is 1.35. The summed E-state index contributed by atoms with van der Waals surface area (Å²) in [6.07, 6.45) is -0.495. The molecule has 2 aromatic heterocycles. The van der Waals surface area contributed by atoms with Gasteiger partial charge in [-0.25, -0.2) is 18.2 Å². The van der Waals surface area contributed by atoms with Crippen LogP contribution in [-0.4, -0.2) is 57.6 Å². The Labute approximate surface area is 169 Å². The van der Waals surface area contributed by atoms with Gasteiger partial charge in [-0.1, -0.05) is 6.07 Å². The summed E-state index contributed by atoms with van der Waals surface area (Å²) >= 11 is 0. The van der Waals surface area contributed by atoms with Gasteiger partial charge in [0, 0.05) is 19.5 Å². The Hall–Kier alpha value is -3.34. The van der Waals surface area contributed by atoms with Crippen LogP contribution < -0.4 is 10.1 Å². The molecule has 0 bridgehead atoms. The number of halogens is 3. The van der Waals surface area contributed by atoms with Crippen molar-refractivity contribution in [3.8, 4) is 17.3 Å². The number of H-pyrrole nitrogens is 2. The number of ether oxygens (including phenoxy) is 1. The minimum Gasteiger partial charge on any atom is -0.496 e. The Balaban J connectivity index is 1.57. The smallest absolute Gasteiger partial charge is 0.262 e. The Bertz CT molecular complexity index is 1060. The predicted octanol–water partition coefficient (Wildman–Crippen LogP) is 2.82. The van der Waals surface area contributed by atoms with Gasteiger partial charge in [-0.05, 0) is 12.1 Å². The molecule has 8 nitrogen and oxygen atoms in total. The number of alkyl halides is 2. The number of imidazole rings is 1. The van der Waals surface area contributed by atoms with Gasteiger partial charge in [0.1, 0.15) is 22.8 Å². The molecule has 1 aliphatic rings. The van der Waals surface area contributed by atoms with Gasteiger partial charge in [-0.3, -0.25) is 14.8 Å². The van der Waals surface area contributed by atoms with Gasteiger partial charge in [-0.15, -0.1) is 0 Å². The van der Waals surface area contributed by atoms with E-state index < -0.39 is 18.1 Å². The maximum atomic E-state index is 14.2. The van der Waals surface area contributed by atoms with Crippen molar-refractivity contribution in [1.82, 2.24) is 25.1 Å². The largest absolute Gasteiger partial charge is 0.496 e. The van der Waals surface area contributed by atoms with Gasteiger partial charge in [0.15, 0.2) is 5.82 Å². The molecule has 0 fully saturated rings. The number of anilines is 1. The highest BCUT2D eigenvalue weighted by atomic mass is 19.3. The van der Waals surface area contributed by atoms with Gasteiger partial charge in [0.05, 0.1) is 36.9 Å². The molecule has 0 spiro atoms. The highest BCUT2D eigenvalue weighted by Crippen LogP contribution is 2.28. The molecule has 0 saturated heterocycles. The Morgan fingerprint density at radius 3 is 3.00 bits per heavy atom. The van der Waals surface area contributed by atoms with Crippen LogP contribution in [-0.2, 0) is 13.0 Å². The molecule has 1 aromatic carbocycles. The average molecular weight is 420 g/mol. The van der Waals surface area contributed by atoms with E-state index in [1.54, 1.807) is 4.90 Å². The highest BCUT2D eigenvalue weighted by molar-refractivity contribution is 6.07. The lowest BCUT2D eigenvalue weighted by molar-refractivity contribution is 0.0812. The summed E-state index contributed by atoms with van der Waals surface area (Å²) in [5.41, 5.74) is 1.97. The number of benzene rings is 1. The third-order valence-electron chi connectivity index (χ3n) is 4.85. The Morgan fingerprint density at radius 2 is 2.23 bits per heavy atom. The van der Waals surface area contributed by atoms with Gasteiger partial charge in [-0.2, -0.15) is 5.10 Å². The number of rotatable bonds is 6. The number of carbonyl (C=O) groups is 1. The van der Waals surface area contributed by atoms with E-state index in [2.05, 4.69) is 25.5 Å². The minimum atomic E-state index is -2.40. The highest BCUT2D eigenvalue weighted by Gasteiger charge is 2.25. The van der Waals surface area contributed by atoms with E-state index in [-0.39, 0.29) is 17.9 Å². The second-order valence-corrected chi connectivity index (χ2v) is 6.82. The molecular formula is C19H19F3N6O2. The number of hydrogen-bond acceptors (Lipinski definition) is 5. The standard InChI is InChI=1S/C19H19F3N6O2/c1-30-14-4-2-3-10(20)16(14)19(29)26-12-7-23-27-17(12)18-24-11-5-6-28(9-15(21)22)8-13(11)25-18/h2-4,7,15H,5-6,8-9H2,1H3,(H,23,27)(H,24,25)(H,26,29). The number of amides is 1. The van der Waals surface area contributed by atoms with Crippen LogP contribution in [0.2, 0.25) is 0 Å². The first-order valence-corrected chi connectivity index (χ1v) is 9.22. The van der Waals surface area contributed by atoms with E-state index in [0.717, 1.165) is 11.4 Å². The van der Waals surface area contributed by atoms with E-state index in [1.165, 1.54) is 31.5 Å². The fourth-order valence-corrected chi connectivity index (χ4v) is 3.46. The summed E-state index contributed by atoms with van der Waals surface area (Å²) in [6.45, 7) is 0.514. The third kappa shape index (κ3) is 3.88. The van der Waals surface area contributed by atoms with Gasteiger partial charge in [0.25, 0.3) is 12.3 Å². The quantitative estimate of drug-likeness (QED) is 0.570. The first-order valence-electron chi connectivity index (χ1n) is 9.22. The molecule has 4 rings (SSSR count). The van der Waals surface area contributed by atoms with Crippen LogP contribution in [0.5, 0.6) is 5.75 Å². The van der Waals surface area contributed by atoms with E-state index in [0.29, 0.717) is 36.7 Å². The van der Waals surface area contributed by atoms with Crippen molar-refractivity contribution >= 4 is 11.6 Å². The van der Waals surface area contributed by atoms with Crippen molar-refractivity contribution < 1.29 is 22.7 Å². The van der Waals surface area contributed by atoms with Crippen LogP contribution >= 0.6 is 0 Å². The molecule has 11 heteroatoms. The first-order chi connectivity index (χ1) is 14.5. The molecule has 3 N–H and O–H groups in total. The van der Waals surface area contributed by atoms with Crippen LogP contribution in [0, 0.1) is 5.82 Å². The normalized spacial score (nSPS) is 14.0. The Kier molecular flexibility index (Phi) is 5.44. The van der Waals surface area contributed by atoms with Crippen molar-refractivity contribution in [1.29, 1.82) is 0 Å². The maximum Gasteiger partial charge on any atom is 0.262 e. The molecule has 158 valence electrons. The zero-order chi connectivity index (χ0) is 21.3. The summed E-state index contributed by atoms with van der Waals surface area (Å²) in [6, 6.07) is 4.10. The van der Waals surface area contributed by atoms with E-state index in [4.69, 9.17) is 4.74 Å². The molecule has 0 unspecified atom stereocenters. The second-order valence-electron chi connectivity index (χ2n) is 6.82. The molecular weight excluding hydrogens is 401 g/mol. The fourth-order valence-electron chi connectivity index (χ4n) is 3.46. The lowest BCUT2D eigenvalue weighted by Crippen LogP contribution is -2.34. The van der Waals surface area contributed by atoms with Gasteiger partial charge < -0.3 is 15.0 Å². The van der Waals surface area contributed by atoms with E-state index >= 15 is 0 Å². The summed E-state index contributed by atoms with van der Waals surface area (Å²) in [5, 5.41) is 9.31. The van der Waals surface area contributed by atoms with Crippen LogP contribution in [0.1, 0.15) is 21.7 Å². The van der Waals surface area contributed by atoms with Crippen molar-refractivity contribution in [2.45, 2.75) is 19.4 Å². The van der Waals surface area contributed by atoms with Gasteiger partial charge in [0.2, 0.25) is 0 Å². The lowest BCUT2D eigenvalue weighted by Gasteiger charge is -2.25. The molecule has 0 aliphatic carbocycles. The first kappa shape index (κ1) is 20.0. The van der Waals surface area contributed by atoms with Gasteiger partial charge >= 0.3 is 0 Å². The fraction of sp³-hybridized carbons (Fsp3) is 0.316. The lowest BCUT2D eigenvalue weighted by atomic mass is 10.1.